The molecule has 2 aliphatic heterocycles. The second-order valence-electron chi connectivity index (χ2n) is 7.92. The maximum Gasteiger partial charge on any atom is 0.263 e. The molecule has 1 amide bonds. The van der Waals surface area contributed by atoms with Gasteiger partial charge in [0.05, 0.1) is 23.3 Å². The number of amides is 1. The topological polar surface area (TPSA) is 51.7 Å². The van der Waals surface area contributed by atoms with E-state index in [1.807, 2.05) is 36.1 Å². The van der Waals surface area contributed by atoms with Crippen molar-refractivity contribution in [2.75, 3.05) is 26.3 Å². The van der Waals surface area contributed by atoms with E-state index in [1.54, 1.807) is 23.7 Å². The van der Waals surface area contributed by atoms with E-state index in [4.69, 9.17) is 9.47 Å². The zero-order chi connectivity index (χ0) is 19.4. The summed E-state index contributed by atoms with van der Waals surface area (Å²) in [5.74, 6) is 1.62. The summed E-state index contributed by atoms with van der Waals surface area (Å²) in [6.45, 7) is 5.15. The van der Waals surface area contributed by atoms with E-state index < -0.39 is 0 Å². The van der Waals surface area contributed by atoms with E-state index in [-0.39, 0.29) is 11.5 Å². The monoisotopic (exact) mass is 400 g/mol. The number of aromatic nitrogens is 1. The van der Waals surface area contributed by atoms with Crippen molar-refractivity contribution < 1.29 is 14.3 Å². The van der Waals surface area contributed by atoms with Crippen LogP contribution >= 0.6 is 11.3 Å². The van der Waals surface area contributed by atoms with Crippen molar-refractivity contribution in [2.24, 2.45) is 5.92 Å². The van der Waals surface area contributed by atoms with Crippen LogP contribution in [0, 0.1) is 12.8 Å². The number of aryl methyl sites for hydroxylation is 1. The Labute approximate surface area is 170 Å². The average Bonchev–Trinajstić information content (AvgIpc) is 3.15. The molecule has 150 valence electrons. The lowest BCUT2D eigenvalue weighted by atomic mass is 9.78. The van der Waals surface area contributed by atoms with E-state index in [1.165, 1.54) is 4.88 Å². The Kier molecular flexibility index (Phi) is 5.97. The molecule has 6 heteroatoms. The fraction of sp³-hybridized carbons (Fsp3) is 0.545. The summed E-state index contributed by atoms with van der Waals surface area (Å²) in [6.07, 6.45) is 8.58. The third-order valence-electron chi connectivity index (χ3n) is 5.94. The van der Waals surface area contributed by atoms with Crippen LogP contribution in [-0.4, -0.2) is 47.7 Å². The number of piperidine rings is 1. The first-order valence-corrected chi connectivity index (χ1v) is 11.0. The van der Waals surface area contributed by atoms with Gasteiger partial charge in [-0.1, -0.05) is 0 Å². The highest BCUT2D eigenvalue weighted by atomic mass is 32.1. The average molecular weight is 401 g/mol. The normalized spacial score (nSPS) is 21.6. The predicted molar refractivity (Wildman–Crippen MR) is 110 cm³/mol. The van der Waals surface area contributed by atoms with Crippen LogP contribution in [0.2, 0.25) is 0 Å². The molecule has 2 aliphatic rings. The van der Waals surface area contributed by atoms with Gasteiger partial charge in [0, 0.05) is 30.8 Å². The molecule has 5 nitrogen and oxygen atoms in total. The molecule has 2 aromatic heterocycles. The van der Waals surface area contributed by atoms with Gasteiger partial charge in [-0.15, -0.1) is 11.3 Å². The summed E-state index contributed by atoms with van der Waals surface area (Å²) in [5, 5.41) is 0. The molecule has 4 heterocycles. The summed E-state index contributed by atoms with van der Waals surface area (Å²) in [6, 6.07) is 7.81. The third kappa shape index (κ3) is 4.55. The molecule has 2 aromatic rings. The van der Waals surface area contributed by atoms with Crippen LogP contribution in [0.4, 0.5) is 0 Å². The molecular formula is C22H28N2O3S. The van der Waals surface area contributed by atoms with Gasteiger partial charge in [-0.25, -0.2) is 0 Å². The van der Waals surface area contributed by atoms with E-state index in [9.17, 15) is 4.79 Å². The van der Waals surface area contributed by atoms with Crippen LogP contribution in [0.25, 0.3) is 0 Å². The van der Waals surface area contributed by atoms with Crippen LogP contribution in [0.1, 0.15) is 46.7 Å². The second-order valence-corrected chi connectivity index (χ2v) is 9.21. The highest BCUT2D eigenvalue weighted by Gasteiger charge is 2.41. The minimum atomic E-state index is -0.0562. The highest BCUT2D eigenvalue weighted by Crippen LogP contribution is 2.39. The third-order valence-corrected chi connectivity index (χ3v) is 6.93. The minimum absolute atomic E-state index is 0.0562. The largest absolute Gasteiger partial charge is 0.492 e. The van der Waals surface area contributed by atoms with E-state index in [2.05, 4.69) is 4.98 Å². The zero-order valence-electron chi connectivity index (χ0n) is 16.4. The lowest BCUT2D eigenvalue weighted by molar-refractivity contribution is -0.125. The Morgan fingerprint density at radius 1 is 1.36 bits per heavy atom. The van der Waals surface area contributed by atoms with Gasteiger partial charge in [0.1, 0.15) is 5.75 Å². The first-order valence-electron chi connectivity index (χ1n) is 10.2. The molecule has 1 unspecified atom stereocenters. The van der Waals surface area contributed by atoms with Crippen molar-refractivity contribution in [3.8, 4) is 5.75 Å². The first kappa shape index (κ1) is 19.4. The highest BCUT2D eigenvalue weighted by molar-refractivity contribution is 7.13. The van der Waals surface area contributed by atoms with E-state index in [0.717, 1.165) is 69.0 Å². The number of nitrogens with zero attached hydrogens (tertiary/aromatic N) is 2. The Hall–Kier alpha value is -1.92. The number of hydrogen-bond acceptors (Lipinski definition) is 5. The van der Waals surface area contributed by atoms with Crippen molar-refractivity contribution in [3.05, 3.63) is 46.4 Å². The van der Waals surface area contributed by atoms with Crippen molar-refractivity contribution in [2.45, 2.75) is 44.6 Å². The van der Waals surface area contributed by atoms with Crippen molar-refractivity contribution in [1.29, 1.82) is 0 Å². The number of pyridine rings is 1. The lowest BCUT2D eigenvalue weighted by Gasteiger charge is -2.46. The van der Waals surface area contributed by atoms with Crippen LogP contribution < -0.4 is 4.74 Å². The number of hydrogen-bond donors (Lipinski definition) is 0. The van der Waals surface area contributed by atoms with Gasteiger partial charge < -0.3 is 14.4 Å². The smallest absolute Gasteiger partial charge is 0.263 e. The van der Waals surface area contributed by atoms with E-state index >= 15 is 0 Å². The Morgan fingerprint density at radius 3 is 2.93 bits per heavy atom. The van der Waals surface area contributed by atoms with Crippen molar-refractivity contribution >= 4 is 17.2 Å². The minimum Gasteiger partial charge on any atom is -0.492 e. The summed E-state index contributed by atoms with van der Waals surface area (Å²) in [4.78, 5) is 20.8. The standard InChI is InChI=1S/C22H28N2O3S/c1-17-4-5-20(28-17)21(25)24-11-8-22(9-12-24)15-18(7-14-27-22)6-13-26-19-3-2-10-23-16-19/h2-5,10,16,18H,6-9,11-15H2,1H3. The van der Waals surface area contributed by atoms with Crippen LogP contribution in [0.3, 0.4) is 0 Å². The Morgan fingerprint density at radius 2 is 2.21 bits per heavy atom. The van der Waals surface area contributed by atoms with Crippen LogP contribution in [0.15, 0.2) is 36.7 Å². The number of carbonyl (C=O) groups is 1. The quantitative estimate of drug-likeness (QED) is 0.750. The van der Waals surface area contributed by atoms with E-state index in [0.29, 0.717) is 5.92 Å². The van der Waals surface area contributed by atoms with Gasteiger partial charge in [0.15, 0.2) is 0 Å². The molecule has 4 rings (SSSR count). The zero-order valence-corrected chi connectivity index (χ0v) is 17.2. The fourth-order valence-electron chi connectivity index (χ4n) is 4.32. The van der Waals surface area contributed by atoms with Gasteiger partial charge in [0.25, 0.3) is 5.91 Å². The van der Waals surface area contributed by atoms with Gasteiger partial charge in [-0.2, -0.15) is 0 Å². The maximum atomic E-state index is 12.7. The fourth-order valence-corrected chi connectivity index (χ4v) is 5.16. The number of thiophene rings is 1. The molecule has 0 radical (unpaired) electrons. The molecular weight excluding hydrogens is 372 g/mol. The van der Waals surface area contributed by atoms with Crippen LogP contribution in [0.5, 0.6) is 5.75 Å². The molecule has 0 aliphatic carbocycles. The van der Waals surface area contributed by atoms with Gasteiger partial charge >= 0.3 is 0 Å². The summed E-state index contributed by atoms with van der Waals surface area (Å²) in [7, 11) is 0. The molecule has 28 heavy (non-hydrogen) atoms. The van der Waals surface area contributed by atoms with Crippen molar-refractivity contribution in [3.63, 3.8) is 0 Å². The first-order chi connectivity index (χ1) is 13.6. The Balaban J connectivity index is 1.26. The number of rotatable bonds is 5. The van der Waals surface area contributed by atoms with Crippen LogP contribution in [-0.2, 0) is 4.74 Å². The molecule has 1 atom stereocenters. The SMILES string of the molecule is Cc1ccc(C(=O)N2CCC3(CC2)CC(CCOc2cccnc2)CCO3)s1. The predicted octanol–water partition coefficient (Wildman–Crippen LogP) is 4.32. The number of ether oxygens (including phenoxy) is 2. The molecule has 2 fully saturated rings. The summed E-state index contributed by atoms with van der Waals surface area (Å²) >= 11 is 1.58. The molecule has 0 aromatic carbocycles. The van der Waals surface area contributed by atoms with Gasteiger partial charge in [-0.05, 0) is 69.2 Å². The molecule has 0 N–H and O–H groups in total. The van der Waals surface area contributed by atoms with Gasteiger partial charge in [0.2, 0.25) is 0 Å². The number of carbonyl (C=O) groups excluding carboxylic acids is 1. The van der Waals surface area contributed by atoms with Gasteiger partial charge in [-0.3, -0.25) is 9.78 Å². The lowest BCUT2D eigenvalue weighted by Crippen LogP contribution is -2.50. The Bertz CT molecular complexity index is 784. The summed E-state index contributed by atoms with van der Waals surface area (Å²) in [5.41, 5.74) is -0.0562. The van der Waals surface area contributed by atoms with Crippen molar-refractivity contribution in [1.82, 2.24) is 9.88 Å². The molecule has 2 saturated heterocycles. The molecule has 1 spiro atoms. The number of likely N-dealkylation sites (tertiary alicyclic amines) is 1. The maximum absolute atomic E-state index is 12.7. The summed E-state index contributed by atoms with van der Waals surface area (Å²) < 4.78 is 12.1. The second kappa shape index (κ2) is 8.62. The molecule has 0 bridgehead atoms. The molecule has 0 saturated carbocycles.